The lowest BCUT2D eigenvalue weighted by Gasteiger charge is -2.39. The number of hydrogen-bond donors (Lipinski definition) is 2. The number of piperidine rings is 1. The number of imide groups is 1. The first kappa shape index (κ1) is 19.4. The summed E-state index contributed by atoms with van der Waals surface area (Å²) in [5, 5.41) is 4.91. The molecule has 2 aliphatic heterocycles. The van der Waals surface area contributed by atoms with Crippen LogP contribution < -0.4 is 10.6 Å². The predicted octanol–water partition coefficient (Wildman–Crippen LogP) is 1.14. The number of carbonyl (C=O) groups is 3. The standard InChI is InChI=1S/C20H28N4O3/c1-23-12-10-16(11-13-23)24(14-9-15-5-3-2-4-6-15)19(26)17-7-8-18(25)22-20(27)21-17/h2-6,16-17H,7-14H2,1H3,(H2,21,22,25,27)/t17-/m1/s1. The fraction of sp³-hybridized carbons (Fsp3) is 0.550. The minimum Gasteiger partial charge on any atom is -0.338 e. The first-order valence-corrected chi connectivity index (χ1v) is 9.66. The molecule has 7 nitrogen and oxygen atoms in total. The molecule has 4 amide bonds. The van der Waals surface area contributed by atoms with E-state index in [0.717, 1.165) is 32.4 Å². The van der Waals surface area contributed by atoms with Crippen molar-refractivity contribution in [2.75, 3.05) is 26.7 Å². The third kappa shape index (κ3) is 5.29. The van der Waals surface area contributed by atoms with Gasteiger partial charge in [-0.25, -0.2) is 4.79 Å². The number of carbonyl (C=O) groups excluding carboxylic acids is 3. The topological polar surface area (TPSA) is 81.8 Å². The molecule has 2 fully saturated rings. The number of likely N-dealkylation sites (tertiary alicyclic amines) is 1. The molecular weight excluding hydrogens is 344 g/mol. The SMILES string of the molecule is CN1CCC(N(CCc2ccccc2)C(=O)[C@H]2CCC(=O)NC(=O)N2)CC1. The van der Waals surface area contributed by atoms with Crippen molar-refractivity contribution >= 4 is 17.8 Å². The molecule has 3 rings (SSSR count). The molecule has 7 heteroatoms. The second-order valence-electron chi connectivity index (χ2n) is 7.41. The highest BCUT2D eigenvalue weighted by Crippen LogP contribution is 2.19. The number of nitrogens with one attached hydrogen (secondary N) is 2. The molecular formula is C20H28N4O3. The quantitative estimate of drug-likeness (QED) is 0.812. The summed E-state index contributed by atoms with van der Waals surface area (Å²) < 4.78 is 0. The lowest BCUT2D eigenvalue weighted by atomic mass is 10.00. The molecule has 0 saturated carbocycles. The summed E-state index contributed by atoms with van der Waals surface area (Å²) >= 11 is 0. The van der Waals surface area contributed by atoms with E-state index in [1.54, 1.807) is 0 Å². The van der Waals surface area contributed by atoms with Gasteiger partial charge in [0.1, 0.15) is 6.04 Å². The zero-order valence-corrected chi connectivity index (χ0v) is 15.8. The molecule has 0 aliphatic carbocycles. The summed E-state index contributed by atoms with van der Waals surface area (Å²) in [5.74, 6) is -0.414. The molecule has 0 radical (unpaired) electrons. The minimum absolute atomic E-state index is 0.0784. The maximum absolute atomic E-state index is 13.3. The third-order valence-corrected chi connectivity index (χ3v) is 5.41. The molecule has 0 unspecified atom stereocenters. The molecule has 2 saturated heterocycles. The number of rotatable bonds is 5. The van der Waals surface area contributed by atoms with Gasteiger partial charge in [-0.3, -0.25) is 14.9 Å². The minimum atomic E-state index is -0.646. The summed E-state index contributed by atoms with van der Waals surface area (Å²) in [5.41, 5.74) is 1.19. The average Bonchev–Trinajstić information content (AvgIpc) is 2.84. The van der Waals surface area contributed by atoms with Crippen LogP contribution in [-0.4, -0.2) is 66.4 Å². The molecule has 0 aromatic heterocycles. The summed E-state index contributed by atoms with van der Waals surface area (Å²) in [6.45, 7) is 2.53. The van der Waals surface area contributed by atoms with Crippen molar-refractivity contribution in [3.63, 3.8) is 0 Å². The zero-order valence-electron chi connectivity index (χ0n) is 15.8. The van der Waals surface area contributed by atoms with Crippen LogP contribution in [0.25, 0.3) is 0 Å². The lowest BCUT2D eigenvalue weighted by Crippen LogP contribution is -2.54. The van der Waals surface area contributed by atoms with Crippen LogP contribution in [0.1, 0.15) is 31.2 Å². The first-order valence-electron chi connectivity index (χ1n) is 9.66. The van der Waals surface area contributed by atoms with Gasteiger partial charge in [-0.2, -0.15) is 0 Å². The Morgan fingerprint density at radius 1 is 1.15 bits per heavy atom. The first-order chi connectivity index (χ1) is 13.0. The summed E-state index contributed by atoms with van der Waals surface area (Å²) in [6, 6.07) is 9.05. The van der Waals surface area contributed by atoms with Gasteiger partial charge in [0.15, 0.2) is 0 Å². The molecule has 0 bridgehead atoms. The van der Waals surface area contributed by atoms with Gasteiger partial charge in [-0.1, -0.05) is 30.3 Å². The van der Waals surface area contributed by atoms with Crippen molar-refractivity contribution in [3.05, 3.63) is 35.9 Å². The highest BCUT2D eigenvalue weighted by molar-refractivity contribution is 5.98. The fourth-order valence-corrected chi connectivity index (χ4v) is 3.79. The van der Waals surface area contributed by atoms with Gasteiger partial charge in [0.05, 0.1) is 0 Å². The average molecular weight is 372 g/mol. The van der Waals surface area contributed by atoms with Gasteiger partial charge in [0, 0.05) is 19.0 Å². The molecule has 2 N–H and O–H groups in total. The molecule has 146 valence electrons. The Labute approximate surface area is 160 Å². The van der Waals surface area contributed by atoms with Crippen molar-refractivity contribution in [1.29, 1.82) is 0 Å². The number of benzene rings is 1. The van der Waals surface area contributed by atoms with Crippen molar-refractivity contribution in [3.8, 4) is 0 Å². The van der Waals surface area contributed by atoms with E-state index in [0.29, 0.717) is 13.0 Å². The van der Waals surface area contributed by atoms with Crippen LogP contribution in [-0.2, 0) is 16.0 Å². The molecule has 1 aromatic carbocycles. The molecule has 27 heavy (non-hydrogen) atoms. The molecule has 1 atom stereocenters. The van der Waals surface area contributed by atoms with Crippen molar-refractivity contribution in [2.45, 2.75) is 44.2 Å². The zero-order chi connectivity index (χ0) is 19.2. The maximum Gasteiger partial charge on any atom is 0.322 e. The van der Waals surface area contributed by atoms with Gasteiger partial charge in [-0.15, -0.1) is 0 Å². The highest BCUT2D eigenvalue weighted by atomic mass is 16.2. The van der Waals surface area contributed by atoms with Gasteiger partial charge in [-0.05, 0) is 51.4 Å². The van der Waals surface area contributed by atoms with Crippen molar-refractivity contribution in [2.24, 2.45) is 0 Å². The van der Waals surface area contributed by atoms with E-state index in [1.165, 1.54) is 5.56 Å². The van der Waals surface area contributed by atoms with E-state index in [4.69, 9.17) is 0 Å². The summed E-state index contributed by atoms with van der Waals surface area (Å²) in [7, 11) is 2.09. The van der Waals surface area contributed by atoms with Gasteiger partial charge >= 0.3 is 6.03 Å². The van der Waals surface area contributed by atoms with E-state index in [-0.39, 0.29) is 24.3 Å². The molecule has 0 spiro atoms. The van der Waals surface area contributed by atoms with Crippen LogP contribution in [0.5, 0.6) is 0 Å². The predicted molar refractivity (Wildman–Crippen MR) is 102 cm³/mol. The third-order valence-electron chi connectivity index (χ3n) is 5.41. The van der Waals surface area contributed by atoms with Gasteiger partial charge < -0.3 is 15.1 Å². The second-order valence-corrected chi connectivity index (χ2v) is 7.41. The fourth-order valence-electron chi connectivity index (χ4n) is 3.79. The van der Waals surface area contributed by atoms with E-state index in [9.17, 15) is 14.4 Å². The van der Waals surface area contributed by atoms with E-state index < -0.39 is 12.1 Å². The highest BCUT2D eigenvalue weighted by Gasteiger charge is 2.33. The largest absolute Gasteiger partial charge is 0.338 e. The Bertz CT molecular complexity index is 671. The Kier molecular flexibility index (Phi) is 6.45. The van der Waals surface area contributed by atoms with Crippen LogP contribution in [0.4, 0.5) is 4.79 Å². The Balaban J connectivity index is 1.72. The van der Waals surface area contributed by atoms with E-state index >= 15 is 0 Å². The van der Waals surface area contributed by atoms with Crippen molar-refractivity contribution < 1.29 is 14.4 Å². The normalized spacial score (nSPS) is 21.9. The van der Waals surface area contributed by atoms with Crippen LogP contribution >= 0.6 is 0 Å². The second kappa shape index (κ2) is 8.99. The van der Waals surface area contributed by atoms with E-state index in [1.807, 2.05) is 23.1 Å². The van der Waals surface area contributed by atoms with Gasteiger partial charge in [0.2, 0.25) is 11.8 Å². The van der Waals surface area contributed by atoms with Crippen molar-refractivity contribution in [1.82, 2.24) is 20.4 Å². The Morgan fingerprint density at radius 3 is 2.56 bits per heavy atom. The van der Waals surface area contributed by atoms with Gasteiger partial charge in [0.25, 0.3) is 0 Å². The Hall–Kier alpha value is -2.41. The summed E-state index contributed by atoms with van der Waals surface area (Å²) in [6.07, 6.45) is 3.14. The number of amides is 4. The molecule has 2 aliphatic rings. The lowest BCUT2D eigenvalue weighted by molar-refractivity contribution is -0.136. The van der Waals surface area contributed by atoms with Crippen LogP contribution in [0.15, 0.2) is 30.3 Å². The van der Waals surface area contributed by atoms with Crippen LogP contribution in [0.3, 0.4) is 0 Å². The molecule has 1 aromatic rings. The Morgan fingerprint density at radius 2 is 1.85 bits per heavy atom. The van der Waals surface area contributed by atoms with Crippen LogP contribution in [0.2, 0.25) is 0 Å². The monoisotopic (exact) mass is 372 g/mol. The smallest absolute Gasteiger partial charge is 0.322 e. The number of hydrogen-bond acceptors (Lipinski definition) is 4. The number of urea groups is 1. The molecule has 2 heterocycles. The number of nitrogens with zero attached hydrogens (tertiary/aromatic N) is 2. The van der Waals surface area contributed by atoms with E-state index in [2.05, 4.69) is 34.7 Å². The maximum atomic E-state index is 13.3. The van der Waals surface area contributed by atoms with Crippen LogP contribution in [0, 0.1) is 0 Å². The summed E-state index contributed by atoms with van der Waals surface area (Å²) in [4.78, 5) is 40.9.